The number of halogens is 1. The summed E-state index contributed by atoms with van der Waals surface area (Å²) < 4.78 is 11.2. The number of carbonyl (C=O) groups excluding carboxylic acids is 3. The van der Waals surface area contributed by atoms with Crippen LogP contribution in [0.25, 0.3) is 0 Å². The van der Waals surface area contributed by atoms with Crippen LogP contribution in [0.2, 0.25) is 0 Å². The quantitative estimate of drug-likeness (QED) is 0.604. The predicted molar refractivity (Wildman–Crippen MR) is 108 cm³/mol. The third kappa shape index (κ3) is 7.03. The zero-order chi connectivity index (χ0) is 20.5. The number of amides is 2. The molecule has 2 N–H and O–H groups in total. The molecule has 2 amide bonds. The standard InChI is InChI=1S/C20H21BrN2O5/c1-13(2)28-20(26)14-7-9-15(10-8-14)27-12-19(25)22-11-18(24)23-17-6-4-3-5-16(17)21/h3-10,13H,11-12H2,1-2H3,(H,22,25)(H,23,24). The van der Waals surface area contributed by atoms with E-state index >= 15 is 0 Å². The first-order valence-electron chi connectivity index (χ1n) is 8.60. The zero-order valence-corrected chi connectivity index (χ0v) is 17.1. The lowest BCUT2D eigenvalue weighted by Crippen LogP contribution is -2.35. The van der Waals surface area contributed by atoms with Crippen molar-refractivity contribution in [2.24, 2.45) is 0 Å². The highest BCUT2D eigenvalue weighted by Gasteiger charge is 2.10. The summed E-state index contributed by atoms with van der Waals surface area (Å²) in [5.41, 5.74) is 1.02. The highest BCUT2D eigenvalue weighted by molar-refractivity contribution is 9.10. The zero-order valence-electron chi connectivity index (χ0n) is 15.5. The van der Waals surface area contributed by atoms with Gasteiger partial charge in [-0.25, -0.2) is 4.79 Å². The number of ether oxygens (including phenoxy) is 2. The molecular formula is C20H21BrN2O5. The molecule has 0 aliphatic heterocycles. The van der Waals surface area contributed by atoms with Crippen molar-refractivity contribution in [3.05, 3.63) is 58.6 Å². The minimum absolute atomic E-state index is 0.177. The number of esters is 1. The van der Waals surface area contributed by atoms with E-state index < -0.39 is 11.9 Å². The van der Waals surface area contributed by atoms with Gasteiger partial charge in [0, 0.05) is 4.47 Å². The Bertz CT molecular complexity index is 837. The van der Waals surface area contributed by atoms with Crippen LogP contribution >= 0.6 is 15.9 Å². The van der Waals surface area contributed by atoms with Crippen LogP contribution in [-0.4, -0.2) is 37.0 Å². The fourth-order valence-electron chi connectivity index (χ4n) is 2.11. The van der Waals surface area contributed by atoms with Crippen LogP contribution in [0.15, 0.2) is 53.0 Å². The molecule has 28 heavy (non-hydrogen) atoms. The molecule has 0 fully saturated rings. The number of para-hydroxylation sites is 1. The van der Waals surface area contributed by atoms with Gasteiger partial charge in [-0.05, 0) is 66.2 Å². The topological polar surface area (TPSA) is 93.7 Å². The normalized spacial score (nSPS) is 10.3. The van der Waals surface area contributed by atoms with E-state index in [1.807, 2.05) is 6.07 Å². The minimum Gasteiger partial charge on any atom is -0.484 e. The molecule has 0 aliphatic rings. The fourth-order valence-corrected chi connectivity index (χ4v) is 2.49. The summed E-state index contributed by atoms with van der Waals surface area (Å²) in [7, 11) is 0. The first-order valence-corrected chi connectivity index (χ1v) is 9.39. The van der Waals surface area contributed by atoms with Gasteiger partial charge in [0.2, 0.25) is 5.91 Å². The van der Waals surface area contributed by atoms with Crippen molar-refractivity contribution in [1.82, 2.24) is 5.32 Å². The molecule has 0 saturated carbocycles. The van der Waals surface area contributed by atoms with Gasteiger partial charge in [-0.3, -0.25) is 9.59 Å². The second-order valence-corrected chi connectivity index (χ2v) is 6.93. The van der Waals surface area contributed by atoms with E-state index in [2.05, 4.69) is 26.6 Å². The monoisotopic (exact) mass is 448 g/mol. The van der Waals surface area contributed by atoms with E-state index in [0.29, 0.717) is 17.0 Å². The van der Waals surface area contributed by atoms with Gasteiger partial charge in [-0.2, -0.15) is 0 Å². The van der Waals surface area contributed by atoms with Crippen LogP contribution in [0.5, 0.6) is 5.75 Å². The number of hydrogen-bond acceptors (Lipinski definition) is 5. The first kappa shape index (κ1) is 21.4. The molecule has 0 bridgehead atoms. The van der Waals surface area contributed by atoms with Crippen LogP contribution < -0.4 is 15.4 Å². The smallest absolute Gasteiger partial charge is 0.338 e. The Balaban J connectivity index is 1.74. The van der Waals surface area contributed by atoms with Gasteiger partial charge in [0.1, 0.15) is 5.75 Å². The van der Waals surface area contributed by atoms with Crippen LogP contribution in [0.1, 0.15) is 24.2 Å². The van der Waals surface area contributed by atoms with Gasteiger partial charge >= 0.3 is 5.97 Å². The number of carbonyl (C=O) groups is 3. The molecule has 2 aromatic carbocycles. The van der Waals surface area contributed by atoms with E-state index in [0.717, 1.165) is 4.47 Å². The highest BCUT2D eigenvalue weighted by Crippen LogP contribution is 2.20. The molecule has 8 heteroatoms. The van der Waals surface area contributed by atoms with Crippen molar-refractivity contribution < 1.29 is 23.9 Å². The number of anilines is 1. The van der Waals surface area contributed by atoms with Crippen molar-refractivity contribution in [3.63, 3.8) is 0 Å². The Morgan fingerprint density at radius 1 is 1.00 bits per heavy atom. The molecule has 2 aromatic rings. The minimum atomic E-state index is -0.439. The maximum absolute atomic E-state index is 11.9. The number of benzene rings is 2. The lowest BCUT2D eigenvalue weighted by atomic mass is 10.2. The van der Waals surface area contributed by atoms with Gasteiger partial charge in [-0.1, -0.05) is 12.1 Å². The van der Waals surface area contributed by atoms with Crippen LogP contribution in [0, 0.1) is 0 Å². The van der Waals surface area contributed by atoms with Crippen LogP contribution in [0.4, 0.5) is 5.69 Å². The molecule has 0 heterocycles. The van der Waals surface area contributed by atoms with Crippen molar-refractivity contribution in [3.8, 4) is 5.75 Å². The molecule has 0 radical (unpaired) electrons. The largest absolute Gasteiger partial charge is 0.484 e. The summed E-state index contributed by atoms with van der Waals surface area (Å²) in [4.78, 5) is 35.5. The van der Waals surface area contributed by atoms with Gasteiger partial charge < -0.3 is 20.1 Å². The molecule has 0 saturated heterocycles. The highest BCUT2D eigenvalue weighted by atomic mass is 79.9. The van der Waals surface area contributed by atoms with E-state index in [-0.39, 0.29) is 25.2 Å². The Hall–Kier alpha value is -2.87. The van der Waals surface area contributed by atoms with Crippen molar-refractivity contribution in [1.29, 1.82) is 0 Å². The summed E-state index contributed by atoms with van der Waals surface area (Å²) >= 11 is 3.33. The summed E-state index contributed by atoms with van der Waals surface area (Å²) in [5.74, 6) is -0.789. The van der Waals surface area contributed by atoms with Crippen molar-refractivity contribution >= 4 is 39.4 Å². The SMILES string of the molecule is CC(C)OC(=O)c1ccc(OCC(=O)NCC(=O)Nc2ccccc2Br)cc1. The molecule has 7 nitrogen and oxygen atoms in total. The average molecular weight is 449 g/mol. The fraction of sp³-hybridized carbons (Fsp3) is 0.250. The van der Waals surface area contributed by atoms with Crippen molar-refractivity contribution in [2.45, 2.75) is 20.0 Å². The van der Waals surface area contributed by atoms with Crippen molar-refractivity contribution in [2.75, 3.05) is 18.5 Å². The van der Waals surface area contributed by atoms with E-state index in [1.54, 1.807) is 56.3 Å². The molecule has 0 unspecified atom stereocenters. The van der Waals surface area contributed by atoms with Gasteiger partial charge in [-0.15, -0.1) is 0 Å². The van der Waals surface area contributed by atoms with Gasteiger partial charge in [0.05, 0.1) is 23.9 Å². The lowest BCUT2D eigenvalue weighted by Gasteiger charge is -2.10. The second-order valence-electron chi connectivity index (χ2n) is 6.07. The number of hydrogen-bond donors (Lipinski definition) is 2. The Labute approximate surface area is 171 Å². The number of nitrogens with one attached hydrogen (secondary N) is 2. The summed E-state index contributed by atoms with van der Waals surface area (Å²) in [6, 6.07) is 13.4. The predicted octanol–water partition coefficient (Wildman–Crippen LogP) is 3.15. The van der Waals surface area contributed by atoms with Gasteiger partial charge in [0.25, 0.3) is 5.91 Å². The molecule has 148 valence electrons. The molecule has 2 rings (SSSR count). The molecule has 0 aromatic heterocycles. The third-order valence-corrected chi connectivity index (χ3v) is 4.09. The Kier molecular flexibility index (Phi) is 8.01. The van der Waals surface area contributed by atoms with Crippen LogP contribution in [-0.2, 0) is 14.3 Å². The summed E-state index contributed by atoms with van der Waals surface area (Å²) in [6.07, 6.45) is -0.202. The maximum atomic E-state index is 11.9. The average Bonchev–Trinajstić information content (AvgIpc) is 2.66. The molecular weight excluding hydrogens is 428 g/mol. The summed E-state index contributed by atoms with van der Waals surface area (Å²) in [6.45, 7) is 3.11. The maximum Gasteiger partial charge on any atom is 0.338 e. The van der Waals surface area contributed by atoms with E-state index in [9.17, 15) is 14.4 Å². The van der Waals surface area contributed by atoms with E-state index in [4.69, 9.17) is 9.47 Å². The second kappa shape index (κ2) is 10.5. The number of rotatable bonds is 8. The Morgan fingerprint density at radius 3 is 2.32 bits per heavy atom. The van der Waals surface area contributed by atoms with Crippen LogP contribution in [0.3, 0.4) is 0 Å². The van der Waals surface area contributed by atoms with E-state index in [1.165, 1.54) is 0 Å². The first-order chi connectivity index (χ1) is 13.3. The van der Waals surface area contributed by atoms with Gasteiger partial charge in [0.15, 0.2) is 6.61 Å². The summed E-state index contributed by atoms with van der Waals surface area (Å²) in [5, 5.41) is 5.16. The third-order valence-electron chi connectivity index (χ3n) is 3.40. The molecule has 0 atom stereocenters. The Morgan fingerprint density at radius 2 is 1.68 bits per heavy atom. The molecule has 0 aliphatic carbocycles. The lowest BCUT2D eigenvalue weighted by molar-refractivity contribution is -0.125. The molecule has 0 spiro atoms.